The van der Waals surface area contributed by atoms with Gasteiger partial charge in [0.2, 0.25) is 0 Å². The van der Waals surface area contributed by atoms with Crippen LogP contribution in [0.15, 0.2) is 12.1 Å². The molecule has 106 valence electrons. The number of anilines is 1. The van der Waals surface area contributed by atoms with Crippen molar-refractivity contribution >= 4 is 5.82 Å². The molecule has 1 aliphatic heterocycles. The molecule has 0 spiro atoms. The van der Waals surface area contributed by atoms with Gasteiger partial charge in [0.1, 0.15) is 5.82 Å². The number of hydrogen-bond acceptors (Lipinski definition) is 4. The fourth-order valence-electron chi connectivity index (χ4n) is 2.56. The molecule has 0 aliphatic carbocycles. The lowest BCUT2D eigenvalue weighted by molar-refractivity contribution is 0.364. The Labute approximate surface area is 116 Å². The predicted molar refractivity (Wildman–Crippen MR) is 79.3 cm³/mol. The predicted octanol–water partition coefficient (Wildman–Crippen LogP) is 2.48. The molecule has 1 aromatic rings. The Morgan fingerprint density at radius 1 is 1.37 bits per heavy atom. The van der Waals surface area contributed by atoms with E-state index in [1.165, 1.54) is 32.4 Å². The molecule has 4 nitrogen and oxygen atoms in total. The topological polar surface area (TPSA) is 49.8 Å². The summed E-state index contributed by atoms with van der Waals surface area (Å²) in [6.45, 7) is 7.75. The van der Waals surface area contributed by atoms with Gasteiger partial charge in [-0.1, -0.05) is 13.8 Å². The molecule has 1 aromatic heterocycles. The molecule has 1 aliphatic rings. The molecule has 0 aromatic carbocycles. The van der Waals surface area contributed by atoms with E-state index in [-0.39, 0.29) is 0 Å². The lowest BCUT2D eigenvalue weighted by Gasteiger charge is -2.22. The number of piperidine rings is 1. The summed E-state index contributed by atoms with van der Waals surface area (Å²) in [6, 6.07) is 4.13. The minimum Gasteiger partial charge on any atom is -0.369 e. The number of rotatable bonds is 6. The highest BCUT2D eigenvalue weighted by molar-refractivity contribution is 5.32. The first kappa shape index (κ1) is 14.3. The van der Waals surface area contributed by atoms with Crippen LogP contribution >= 0.6 is 0 Å². The normalized spacial score (nSPS) is 19.6. The van der Waals surface area contributed by atoms with Gasteiger partial charge in [0.05, 0.1) is 5.69 Å². The first-order valence-corrected chi connectivity index (χ1v) is 7.51. The monoisotopic (exact) mass is 262 g/mol. The molecule has 19 heavy (non-hydrogen) atoms. The van der Waals surface area contributed by atoms with Gasteiger partial charge in [-0.25, -0.2) is 0 Å². The Morgan fingerprint density at radius 3 is 2.89 bits per heavy atom. The smallest absolute Gasteiger partial charge is 0.148 e. The Hall–Kier alpha value is -1.16. The van der Waals surface area contributed by atoms with Gasteiger partial charge in [0, 0.05) is 6.54 Å². The van der Waals surface area contributed by atoms with E-state index in [2.05, 4.69) is 40.7 Å². The van der Waals surface area contributed by atoms with E-state index in [0.717, 1.165) is 30.4 Å². The van der Waals surface area contributed by atoms with Gasteiger partial charge >= 0.3 is 0 Å². The zero-order valence-corrected chi connectivity index (χ0v) is 12.2. The minimum absolute atomic E-state index is 0.631. The molecule has 0 bridgehead atoms. The van der Waals surface area contributed by atoms with Crippen LogP contribution in [0, 0.1) is 11.8 Å². The van der Waals surface area contributed by atoms with Crippen LogP contribution in [-0.2, 0) is 6.42 Å². The zero-order chi connectivity index (χ0) is 13.5. The standard InChI is InChI=1S/C15H26N4/c1-12(2)10-14-5-6-15(19-18-14)17-9-7-13-4-3-8-16-11-13/h5-6,12-13,16H,3-4,7-11H2,1-2H3,(H,17,19). The van der Waals surface area contributed by atoms with Crippen molar-refractivity contribution in [3.8, 4) is 0 Å². The number of hydrogen-bond donors (Lipinski definition) is 2. The highest BCUT2D eigenvalue weighted by Crippen LogP contribution is 2.14. The van der Waals surface area contributed by atoms with Crippen molar-refractivity contribution in [3.05, 3.63) is 17.8 Å². The van der Waals surface area contributed by atoms with Gasteiger partial charge in [0.15, 0.2) is 0 Å². The average Bonchev–Trinajstić information content (AvgIpc) is 2.41. The molecule has 1 atom stereocenters. The highest BCUT2D eigenvalue weighted by Gasteiger charge is 2.12. The van der Waals surface area contributed by atoms with Crippen LogP contribution in [0.4, 0.5) is 5.82 Å². The molecule has 1 unspecified atom stereocenters. The lowest BCUT2D eigenvalue weighted by Crippen LogP contribution is -2.30. The van der Waals surface area contributed by atoms with Gasteiger partial charge in [-0.15, -0.1) is 5.10 Å². The van der Waals surface area contributed by atoms with Crippen LogP contribution in [0.5, 0.6) is 0 Å². The zero-order valence-electron chi connectivity index (χ0n) is 12.2. The Balaban J connectivity index is 1.70. The molecule has 1 fully saturated rings. The number of nitrogens with zero attached hydrogens (tertiary/aromatic N) is 2. The summed E-state index contributed by atoms with van der Waals surface area (Å²) in [6.07, 6.45) is 4.88. The minimum atomic E-state index is 0.631. The van der Waals surface area contributed by atoms with E-state index in [9.17, 15) is 0 Å². The fourth-order valence-corrected chi connectivity index (χ4v) is 2.56. The SMILES string of the molecule is CC(C)Cc1ccc(NCCC2CCCNC2)nn1. The van der Waals surface area contributed by atoms with E-state index < -0.39 is 0 Å². The van der Waals surface area contributed by atoms with Crippen molar-refractivity contribution in [1.82, 2.24) is 15.5 Å². The third kappa shape index (κ3) is 5.15. The van der Waals surface area contributed by atoms with Gasteiger partial charge in [-0.2, -0.15) is 5.10 Å². The Morgan fingerprint density at radius 2 is 2.26 bits per heavy atom. The summed E-state index contributed by atoms with van der Waals surface area (Å²) < 4.78 is 0. The van der Waals surface area contributed by atoms with Crippen molar-refractivity contribution < 1.29 is 0 Å². The van der Waals surface area contributed by atoms with Crippen LogP contribution in [0.2, 0.25) is 0 Å². The van der Waals surface area contributed by atoms with E-state index in [1.54, 1.807) is 0 Å². The molecule has 1 saturated heterocycles. The summed E-state index contributed by atoms with van der Waals surface area (Å²) in [7, 11) is 0. The average molecular weight is 262 g/mol. The fraction of sp³-hybridized carbons (Fsp3) is 0.733. The maximum atomic E-state index is 4.26. The van der Waals surface area contributed by atoms with Gasteiger partial charge in [-0.3, -0.25) is 0 Å². The molecule has 0 amide bonds. The molecule has 2 heterocycles. The van der Waals surface area contributed by atoms with Crippen LogP contribution in [0.1, 0.15) is 38.8 Å². The molecular weight excluding hydrogens is 236 g/mol. The van der Waals surface area contributed by atoms with Crippen LogP contribution < -0.4 is 10.6 Å². The van der Waals surface area contributed by atoms with Crippen molar-refractivity contribution in [3.63, 3.8) is 0 Å². The van der Waals surface area contributed by atoms with Crippen molar-refractivity contribution in [2.24, 2.45) is 11.8 Å². The highest BCUT2D eigenvalue weighted by atomic mass is 15.2. The quantitative estimate of drug-likeness (QED) is 0.827. The molecule has 4 heteroatoms. The van der Waals surface area contributed by atoms with Gasteiger partial charge in [0.25, 0.3) is 0 Å². The summed E-state index contributed by atoms with van der Waals surface area (Å²) >= 11 is 0. The van der Waals surface area contributed by atoms with E-state index in [0.29, 0.717) is 5.92 Å². The second kappa shape index (κ2) is 7.43. The van der Waals surface area contributed by atoms with Crippen LogP contribution in [0.25, 0.3) is 0 Å². The Kier molecular flexibility index (Phi) is 5.58. The molecular formula is C15H26N4. The summed E-state index contributed by atoms with van der Waals surface area (Å²) in [4.78, 5) is 0. The number of nitrogens with one attached hydrogen (secondary N) is 2. The van der Waals surface area contributed by atoms with E-state index >= 15 is 0 Å². The second-order valence-corrected chi connectivity index (χ2v) is 5.94. The first-order valence-electron chi connectivity index (χ1n) is 7.51. The van der Waals surface area contributed by atoms with E-state index in [1.807, 2.05) is 6.07 Å². The van der Waals surface area contributed by atoms with Crippen molar-refractivity contribution in [1.29, 1.82) is 0 Å². The molecule has 0 saturated carbocycles. The van der Waals surface area contributed by atoms with Crippen LogP contribution in [0.3, 0.4) is 0 Å². The number of aromatic nitrogens is 2. The maximum absolute atomic E-state index is 4.26. The second-order valence-electron chi connectivity index (χ2n) is 5.94. The third-order valence-electron chi connectivity index (χ3n) is 3.59. The van der Waals surface area contributed by atoms with Gasteiger partial charge in [-0.05, 0) is 62.7 Å². The Bertz CT molecular complexity index is 355. The maximum Gasteiger partial charge on any atom is 0.148 e. The molecule has 0 radical (unpaired) electrons. The summed E-state index contributed by atoms with van der Waals surface area (Å²) in [5.74, 6) is 2.35. The van der Waals surface area contributed by atoms with Crippen LogP contribution in [-0.4, -0.2) is 29.8 Å². The summed E-state index contributed by atoms with van der Waals surface area (Å²) in [5.41, 5.74) is 1.08. The van der Waals surface area contributed by atoms with Crippen molar-refractivity contribution in [2.45, 2.75) is 39.5 Å². The van der Waals surface area contributed by atoms with E-state index in [4.69, 9.17) is 0 Å². The van der Waals surface area contributed by atoms with Gasteiger partial charge < -0.3 is 10.6 Å². The van der Waals surface area contributed by atoms with Crippen molar-refractivity contribution in [2.75, 3.05) is 25.0 Å². The molecule has 2 rings (SSSR count). The summed E-state index contributed by atoms with van der Waals surface area (Å²) in [5, 5.41) is 15.3. The third-order valence-corrected chi connectivity index (χ3v) is 3.59. The molecule has 2 N–H and O–H groups in total. The first-order chi connectivity index (χ1) is 9.24. The largest absolute Gasteiger partial charge is 0.369 e. The lowest BCUT2D eigenvalue weighted by atomic mass is 9.96.